The number of nitrogens with zero attached hydrogens (tertiary/aromatic N) is 1. The lowest BCUT2D eigenvalue weighted by Crippen LogP contribution is -1.85. The predicted molar refractivity (Wildman–Crippen MR) is 40.1 cm³/mol. The first-order valence-electron chi connectivity index (χ1n) is 3.08. The Balaban J connectivity index is 0.000000500. The molecule has 4 heteroatoms. The van der Waals surface area contributed by atoms with Crippen molar-refractivity contribution < 1.29 is 4.52 Å². The van der Waals surface area contributed by atoms with Crippen molar-refractivity contribution in [3.63, 3.8) is 0 Å². The summed E-state index contributed by atoms with van der Waals surface area (Å²) in [7, 11) is 0. The molecule has 56 valence electrons. The van der Waals surface area contributed by atoms with E-state index in [1.165, 1.54) is 12.8 Å². The van der Waals surface area contributed by atoms with E-state index in [2.05, 4.69) is 5.16 Å². The number of nitrogens with two attached hydrogens (primary N) is 1. The number of halogens is 1. The third-order valence-electron chi connectivity index (χ3n) is 1.58. The zero-order valence-electron chi connectivity index (χ0n) is 5.41. The summed E-state index contributed by atoms with van der Waals surface area (Å²) in [6.45, 7) is 0. The summed E-state index contributed by atoms with van der Waals surface area (Å²) in [5.74, 6) is 1.46. The van der Waals surface area contributed by atoms with Crippen LogP contribution in [0.3, 0.4) is 0 Å². The average molecular weight is 161 g/mol. The number of anilines is 1. The number of nitrogen functional groups attached to an aromatic ring is 1. The number of hydrogen-bond donors (Lipinski definition) is 1. The highest BCUT2D eigenvalue weighted by molar-refractivity contribution is 5.85. The Kier molecular flexibility index (Phi) is 1.85. The summed E-state index contributed by atoms with van der Waals surface area (Å²) in [4.78, 5) is 0. The van der Waals surface area contributed by atoms with Crippen molar-refractivity contribution in [3.8, 4) is 0 Å². The molecule has 1 aliphatic carbocycles. The van der Waals surface area contributed by atoms with Crippen molar-refractivity contribution in [2.45, 2.75) is 18.8 Å². The molecule has 1 aromatic rings. The van der Waals surface area contributed by atoms with Crippen molar-refractivity contribution in [2.24, 2.45) is 0 Å². The molecule has 0 atom stereocenters. The summed E-state index contributed by atoms with van der Waals surface area (Å²) in [6, 6.07) is 0. The highest BCUT2D eigenvalue weighted by Crippen LogP contribution is 2.42. The average Bonchev–Trinajstić information content (AvgIpc) is 2.58. The number of rotatable bonds is 1. The maximum atomic E-state index is 5.53. The van der Waals surface area contributed by atoms with Crippen LogP contribution in [0.15, 0.2) is 10.7 Å². The summed E-state index contributed by atoms with van der Waals surface area (Å²) in [5.41, 5.74) is 6.23. The molecule has 0 spiro atoms. The van der Waals surface area contributed by atoms with Gasteiger partial charge in [0.15, 0.2) is 5.76 Å². The van der Waals surface area contributed by atoms with E-state index in [0.717, 1.165) is 5.76 Å². The largest absolute Gasteiger partial charge is 0.395 e. The quantitative estimate of drug-likeness (QED) is 0.678. The first-order chi connectivity index (χ1) is 4.38. The molecule has 1 fully saturated rings. The normalized spacial score (nSPS) is 16.4. The highest BCUT2D eigenvalue weighted by Gasteiger charge is 2.29. The molecule has 0 aliphatic heterocycles. The van der Waals surface area contributed by atoms with E-state index >= 15 is 0 Å². The Labute approximate surface area is 65.0 Å². The van der Waals surface area contributed by atoms with Gasteiger partial charge in [-0.05, 0) is 12.8 Å². The van der Waals surface area contributed by atoms with Gasteiger partial charge in [-0.15, -0.1) is 12.4 Å². The van der Waals surface area contributed by atoms with Gasteiger partial charge < -0.3 is 10.3 Å². The van der Waals surface area contributed by atoms with E-state index in [1.807, 2.05) is 0 Å². The molecule has 1 aliphatic rings. The molecule has 0 radical (unpaired) electrons. The Morgan fingerprint density at radius 2 is 2.30 bits per heavy atom. The zero-order chi connectivity index (χ0) is 6.27. The zero-order valence-corrected chi connectivity index (χ0v) is 6.23. The van der Waals surface area contributed by atoms with Crippen LogP contribution in [0.5, 0.6) is 0 Å². The first-order valence-corrected chi connectivity index (χ1v) is 3.08. The van der Waals surface area contributed by atoms with Crippen molar-refractivity contribution in [2.75, 3.05) is 5.73 Å². The molecule has 1 heterocycles. The smallest absolute Gasteiger partial charge is 0.162 e. The minimum absolute atomic E-state index is 0. The van der Waals surface area contributed by atoms with Gasteiger partial charge in [-0.25, -0.2) is 0 Å². The van der Waals surface area contributed by atoms with Crippen LogP contribution in [0, 0.1) is 0 Å². The Morgan fingerprint density at radius 1 is 1.60 bits per heavy atom. The summed E-state index contributed by atoms with van der Waals surface area (Å²) in [6.07, 6.45) is 3.98. The topological polar surface area (TPSA) is 52.0 Å². The second kappa shape index (κ2) is 2.50. The van der Waals surface area contributed by atoms with Crippen molar-refractivity contribution in [3.05, 3.63) is 12.0 Å². The van der Waals surface area contributed by atoms with E-state index in [1.54, 1.807) is 6.20 Å². The van der Waals surface area contributed by atoms with Gasteiger partial charge in [0.2, 0.25) is 0 Å². The monoisotopic (exact) mass is 160 g/mol. The van der Waals surface area contributed by atoms with Gasteiger partial charge in [-0.3, -0.25) is 0 Å². The molecule has 2 rings (SSSR count). The van der Waals surface area contributed by atoms with Crippen LogP contribution in [0.25, 0.3) is 0 Å². The number of hydrogen-bond acceptors (Lipinski definition) is 3. The third kappa shape index (κ3) is 1.09. The molecule has 0 saturated heterocycles. The van der Waals surface area contributed by atoms with Crippen LogP contribution < -0.4 is 5.73 Å². The van der Waals surface area contributed by atoms with Crippen molar-refractivity contribution >= 4 is 18.1 Å². The van der Waals surface area contributed by atoms with E-state index in [0.29, 0.717) is 11.6 Å². The van der Waals surface area contributed by atoms with Crippen molar-refractivity contribution in [1.29, 1.82) is 0 Å². The fraction of sp³-hybridized carbons (Fsp3) is 0.500. The molecule has 0 unspecified atom stereocenters. The van der Waals surface area contributed by atoms with E-state index in [4.69, 9.17) is 10.3 Å². The lowest BCUT2D eigenvalue weighted by molar-refractivity contribution is 0.385. The minimum Gasteiger partial charge on any atom is -0.395 e. The molecule has 0 amide bonds. The van der Waals surface area contributed by atoms with Crippen LogP contribution in [0.1, 0.15) is 24.5 Å². The van der Waals surface area contributed by atoms with E-state index in [9.17, 15) is 0 Å². The minimum atomic E-state index is 0. The predicted octanol–water partition coefficient (Wildman–Crippen LogP) is 1.56. The van der Waals surface area contributed by atoms with Gasteiger partial charge in [0.05, 0.1) is 11.9 Å². The maximum absolute atomic E-state index is 5.53. The van der Waals surface area contributed by atoms with E-state index in [-0.39, 0.29) is 12.4 Å². The second-order valence-electron chi connectivity index (χ2n) is 2.42. The molecule has 2 N–H and O–H groups in total. The van der Waals surface area contributed by atoms with Crippen LogP contribution in [0.2, 0.25) is 0 Å². The van der Waals surface area contributed by atoms with Gasteiger partial charge in [0.1, 0.15) is 0 Å². The lowest BCUT2D eigenvalue weighted by Gasteiger charge is -1.86. The molecular weight excluding hydrogens is 152 g/mol. The molecule has 10 heavy (non-hydrogen) atoms. The Bertz CT molecular complexity index is 219. The van der Waals surface area contributed by atoms with Crippen LogP contribution >= 0.6 is 12.4 Å². The standard InChI is InChI=1S/C6H8N2O.ClH/c7-5-3-8-9-6(5)4-1-2-4;/h3-4H,1-2,7H2;1H. The summed E-state index contributed by atoms with van der Waals surface area (Å²) < 4.78 is 4.91. The second-order valence-corrected chi connectivity index (χ2v) is 2.42. The molecule has 1 saturated carbocycles. The maximum Gasteiger partial charge on any atom is 0.162 e. The van der Waals surface area contributed by atoms with Gasteiger partial charge in [0, 0.05) is 5.92 Å². The van der Waals surface area contributed by atoms with Crippen LogP contribution in [-0.2, 0) is 0 Å². The lowest BCUT2D eigenvalue weighted by atomic mass is 10.3. The van der Waals surface area contributed by atoms with Crippen molar-refractivity contribution in [1.82, 2.24) is 5.16 Å². The van der Waals surface area contributed by atoms with Gasteiger partial charge in [-0.1, -0.05) is 5.16 Å². The fourth-order valence-electron chi connectivity index (χ4n) is 0.912. The molecular formula is C6H9ClN2O. The SMILES string of the molecule is Cl.Nc1cnoc1C1CC1. The Hall–Kier alpha value is -0.700. The van der Waals surface area contributed by atoms with E-state index < -0.39 is 0 Å². The highest BCUT2D eigenvalue weighted by atomic mass is 35.5. The fourth-order valence-corrected chi connectivity index (χ4v) is 0.912. The summed E-state index contributed by atoms with van der Waals surface area (Å²) >= 11 is 0. The third-order valence-corrected chi connectivity index (χ3v) is 1.58. The van der Waals surface area contributed by atoms with Crippen LogP contribution in [0.4, 0.5) is 5.69 Å². The first kappa shape index (κ1) is 7.41. The van der Waals surface area contributed by atoms with Gasteiger partial charge in [-0.2, -0.15) is 0 Å². The molecule has 0 bridgehead atoms. The van der Waals surface area contributed by atoms with Crippen LogP contribution in [-0.4, -0.2) is 5.16 Å². The van der Waals surface area contributed by atoms with Gasteiger partial charge in [0.25, 0.3) is 0 Å². The Morgan fingerprint density at radius 3 is 2.70 bits per heavy atom. The number of aromatic nitrogens is 1. The van der Waals surface area contributed by atoms with Gasteiger partial charge >= 0.3 is 0 Å². The summed E-state index contributed by atoms with van der Waals surface area (Å²) in [5, 5.41) is 3.58. The molecule has 1 aromatic heterocycles. The molecule has 0 aromatic carbocycles. The molecule has 3 nitrogen and oxygen atoms in total.